The Labute approximate surface area is 173 Å². The number of hydrogen-bond acceptors (Lipinski definition) is 5. The molecule has 2 N–H and O–H groups in total. The predicted octanol–water partition coefficient (Wildman–Crippen LogP) is 4.02. The van der Waals surface area contributed by atoms with Crippen LogP contribution in [0.2, 0.25) is 0 Å². The van der Waals surface area contributed by atoms with E-state index >= 15 is 0 Å². The van der Waals surface area contributed by atoms with Crippen LogP contribution < -0.4 is 20.1 Å². The highest BCUT2D eigenvalue weighted by Gasteiger charge is 2.16. The van der Waals surface area contributed by atoms with Crippen molar-refractivity contribution < 1.29 is 14.3 Å². The van der Waals surface area contributed by atoms with Crippen LogP contribution in [0.3, 0.4) is 0 Å². The Morgan fingerprint density at radius 3 is 2.67 bits per heavy atom. The van der Waals surface area contributed by atoms with E-state index < -0.39 is 0 Å². The molecule has 0 aliphatic carbocycles. The van der Waals surface area contributed by atoms with Gasteiger partial charge in [-0.25, -0.2) is 4.98 Å². The van der Waals surface area contributed by atoms with Crippen molar-refractivity contribution in [3.05, 3.63) is 78.4 Å². The van der Waals surface area contributed by atoms with Crippen LogP contribution in [0, 0.1) is 0 Å². The molecule has 0 bridgehead atoms. The Bertz CT molecular complexity index is 1200. The van der Waals surface area contributed by atoms with Gasteiger partial charge in [0.15, 0.2) is 11.5 Å². The van der Waals surface area contributed by atoms with E-state index in [1.54, 1.807) is 18.2 Å². The highest BCUT2D eigenvalue weighted by molar-refractivity contribution is 5.92. The first-order valence-electron chi connectivity index (χ1n) is 9.69. The second-order valence-electron chi connectivity index (χ2n) is 6.97. The number of rotatable bonds is 6. The van der Waals surface area contributed by atoms with Crippen LogP contribution in [0.4, 0.5) is 11.6 Å². The molecule has 30 heavy (non-hydrogen) atoms. The molecule has 1 aliphatic rings. The standard InChI is InChI=1S/C23H20N4O3/c28-22(25-17-10-11-20-21(12-17)30-15-29-20)14-27-19-9-5-4-8-18(19)26-23(27)24-13-16-6-2-1-3-7-16/h1-12H,13-15H2,(H,24,26)(H,25,28). The molecule has 3 aromatic carbocycles. The molecule has 4 aromatic rings. The number of carbonyl (C=O) groups is 1. The first kappa shape index (κ1) is 18.1. The molecule has 0 saturated carbocycles. The number of amides is 1. The number of anilines is 2. The minimum Gasteiger partial charge on any atom is -0.454 e. The Kier molecular flexibility index (Phi) is 4.69. The number of imidazole rings is 1. The lowest BCUT2D eigenvalue weighted by Gasteiger charge is -2.12. The van der Waals surface area contributed by atoms with Gasteiger partial charge in [0.05, 0.1) is 11.0 Å². The molecular weight excluding hydrogens is 380 g/mol. The van der Waals surface area contributed by atoms with Crippen molar-refractivity contribution >= 4 is 28.6 Å². The van der Waals surface area contributed by atoms with Gasteiger partial charge in [0.25, 0.3) is 0 Å². The van der Waals surface area contributed by atoms with Crippen molar-refractivity contribution in [3.8, 4) is 11.5 Å². The molecule has 1 aromatic heterocycles. The topological polar surface area (TPSA) is 77.4 Å². The van der Waals surface area contributed by atoms with Crippen molar-refractivity contribution in [2.24, 2.45) is 0 Å². The van der Waals surface area contributed by atoms with Gasteiger partial charge in [0.1, 0.15) is 6.54 Å². The Morgan fingerprint density at radius 2 is 1.77 bits per heavy atom. The van der Waals surface area contributed by atoms with E-state index in [1.165, 1.54) is 0 Å². The van der Waals surface area contributed by atoms with E-state index in [2.05, 4.69) is 15.6 Å². The minimum absolute atomic E-state index is 0.131. The quantitative estimate of drug-likeness (QED) is 0.511. The SMILES string of the molecule is O=C(Cn1c(NCc2ccccc2)nc2ccccc21)Nc1ccc2c(c1)OCO2. The molecule has 0 unspecified atom stereocenters. The lowest BCUT2D eigenvalue weighted by molar-refractivity contribution is -0.116. The van der Waals surface area contributed by atoms with Gasteiger partial charge in [-0.05, 0) is 29.8 Å². The summed E-state index contributed by atoms with van der Waals surface area (Å²) in [5.74, 6) is 1.81. The Hall–Kier alpha value is -4.00. The smallest absolute Gasteiger partial charge is 0.244 e. The number of hydrogen-bond donors (Lipinski definition) is 2. The fraction of sp³-hybridized carbons (Fsp3) is 0.130. The Balaban J connectivity index is 1.36. The highest BCUT2D eigenvalue weighted by atomic mass is 16.7. The number of fused-ring (bicyclic) bond motifs is 2. The molecule has 0 radical (unpaired) electrons. The number of carbonyl (C=O) groups excluding carboxylic acids is 1. The molecule has 0 fully saturated rings. The molecule has 150 valence electrons. The maximum atomic E-state index is 12.8. The van der Waals surface area contributed by atoms with Gasteiger partial charge in [-0.1, -0.05) is 42.5 Å². The van der Waals surface area contributed by atoms with E-state index in [0.717, 1.165) is 16.6 Å². The largest absolute Gasteiger partial charge is 0.454 e. The normalized spacial score (nSPS) is 12.1. The summed E-state index contributed by atoms with van der Waals surface area (Å²) in [5, 5.41) is 6.28. The molecule has 5 rings (SSSR count). The minimum atomic E-state index is -0.153. The first-order chi connectivity index (χ1) is 14.8. The van der Waals surface area contributed by atoms with Crippen molar-refractivity contribution in [2.45, 2.75) is 13.1 Å². The molecule has 0 spiro atoms. The van der Waals surface area contributed by atoms with Gasteiger partial charge < -0.3 is 24.7 Å². The van der Waals surface area contributed by atoms with E-state index in [9.17, 15) is 4.79 Å². The summed E-state index contributed by atoms with van der Waals surface area (Å²) in [7, 11) is 0. The number of nitrogens with zero attached hydrogens (tertiary/aromatic N) is 2. The summed E-state index contributed by atoms with van der Waals surface area (Å²) >= 11 is 0. The molecule has 7 heteroatoms. The van der Waals surface area contributed by atoms with Crippen molar-refractivity contribution in [3.63, 3.8) is 0 Å². The second-order valence-corrected chi connectivity index (χ2v) is 6.97. The van der Waals surface area contributed by atoms with Crippen LogP contribution in [-0.4, -0.2) is 22.3 Å². The molecule has 0 saturated heterocycles. The summed E-state index contributed by atoms with van der Waals surface area (Å²) in [6, 6.07) is 23.2. The van der Waals surface area contributed by atoms with Gasteiger partial charge >= 0.3 is 0 Å². The van der Waals surface area contributed by atoms with Gasteiger partial charge in [-0.3, -0.25) is 4.79 Å². The lowest BCUT2D eigenvalue weighted by Crippen LogP contribution is -2.20. The number of nitrogens with one attached hydrogen (secondary N) is 2. The lowest BCUT2D eigenvalue weighted by atomic mass is 10.2. The number of ether oxygens (including phenoxy) is 2. The van der Waals surface area contributed by atoms with E-state index in [4.69, 9.17) is 9.47 Å². The maximum absolute atomic E-state index is 12.8. The number of aromatic nitrogens is 2. The van der Waals surface area contributed by atoms with Crippen molar-refractivity contribution in [1.82, 2.24) is 9.55 Å². The van der Waals surface area contributed by atoms with E-state index in [0.29, 0.717) is 29.7 Å². The van der Waals surface area contributed by atoms with Gasteiger partial charge in [-0.2, -0.15) is 0 Å². The zero-order chi connectivity index (χ0) is 20.3. The van der Waals surface area contributed by atoms with E-state index in [1.807, 2.05) is 59.2 Å². The molecule has 7 nitrogen and oxygen atoms in total. The van der Waals surface area contributed by atoms with Gasteiger partial charge in [-0.15, -0.1) is 0 Å². The molecule has 2 heterocycles. The maximum Gasteiger partial charge on any atom is 0.244 e. The molecule has 0 atom stereocenters. The average molecular weight is 400 g/mol. The number of para-hydroxylation sites is 2. The van der Waals surface area contributed by atoms with Crippen molar-refractivity contribution in [1.29, 1.82) is 0 Å². The summed E-state index contributed by atoms with van der Waals surface area (Å²) < 4.78 is 12.6. The average Bonchev–Trinajstić information content (AvgIpc) is 3.37. The Morgan fingerprint density at radius 1 is 0.967 bits per heavy atom. The summed E-state index contributed by atoms with van der Waals surface area (Å²) in [6.07, 6.45) is 0. The van der Waals surface area contributed by atoms with E-state index in [-0.39, 0.29) is 19.2 Å². The van der Waals surface area contributed by atoms with Crippen LogP contribution in [0.5, 0.6) is 11.5 Å². The zero-order valence-corrected chi connectivity index (χ0v) is 16.2. The predicted molar refractivity (Wildman–Crippen MR) is 115 cm³/mol. The summed E-state index contributed by atoms with van der Waals surface area (Å²) in [4.78, 5) is 17.5. The van der Waals surface area contributed by atoms with Crippen LogP contribution in [-0.2, 0) is 17.9 Å². The van der Waals surface area contributed by atoms with Crippen LogP contribution in [0.1, 0.15) is 5.56 Å². The third-order valence-corrected chi connectivity index (χ3v) is 4.91. The van der Waals surface area contributed by atoms with Crippen LogP contribution in [0.25, 0.3) is 11.0 Å². The fourth-order valence-electron chi connectivity index (χ4n) is 3.47. The van der Waals surface area contributed by atoms with Gasteiger partial charge in [0, 0.05) is 18.3 Å². The molecule has 1 aliphatic heterocycles. The monoisotopic (exact) mass is 400 g/mol. The number of benzene rings is 3. The summed E-state index contributed by atoms with van der Waals surface area (Å²) in [5.41, 5.74) is 3.53. The van der Waals surface area contributed by atoms with Crippen molar-refractivity contribution in [2.75, 3.05) is 17.4 Å². The third-order valence-electron chi connectivity index (χ3n) is 4.91. The van der Waals surface area contributed by atoms with Crippen LogP contribution in [0.15, 0.2) is 72.8 Å². The third kappa shape index (κ3) is 3.65. The summed E-state index contributed by atoms with van der Waals surface area (Å²) in [6.45, 7) is 0.949. The highest BCUT2D eigenvalue weighted by Crippen LogP contribution is 2.34. The zero-order valence-electron chi connectivity index (χ0n) is 16.2. The van der Waals surface area contributed by atoms with Gasteiger partial charge in [0.2, 0.25) is 18.6 Å². The fourth-order valence-corrected chi connectivity index (χ4v) is 3.47. The first-order valence-corrected chi connectivity index (χ1v) is 9.69. The molecular formula is C23H20N4O3. The molecule has 1 amide bonds. The second kappa shape index (κ2) is 7.79. The van der Waals surface area contributed by atoms with Crippen LogP contribution >= 0.6 is 0 Å².